The largest absolute Gasteiger partial charge is 0.406 e. The van der Waals surface area contributed by atoms with E-state index in [9.17, 15) is 18.0 Å². The molecule has 0 spiro atoms. The molecule has 0 fully saturated rings. The number of hydrogen-bond acceptors (Lipinski definition) is 2. The van der Waals surface area contributed by atoms with Crippen molar-refractivity contribution in [2.45, 2.75) is 26.4 Å². The van der Waals surface area contributed by atoms with E-state index in [1.165, 1.54) is 12.1 Å². The van der Waals surface area contributed by atoms with Crippen LogP contribution >= 0.6 is 0 Å². The molecule has 0 saturated heterocycles. The van der Waals surface area contributed by atoms with Crippen LogP contribution in [0.4, 0.5) is 18.9 Å². The Hall–Kier alpha value is -1.72. The van der Waals surface area contributed by atoms with Crippen molar-refractivity contribution in [3.8, 4) is 0 Å². The number of rotatable bonds is 4. The highest BCUT2D eigenvalue weighted by atomic mass is 19.4. The van der Waals surface area contributed by atoms with Gasteiger partial charge in [-0.25, -0.2) is 0 Å². The van der Waals surface area contributed by atoms with Gasteiger partial charge in [0.25, 0.3) is 5.91 Å². The van der Waals surface area contributed by atoms with E-state index in [0.717, 1.165) is 10.5 Å². The van der Waals surface area contributed by atoms with Crippen LogP contribution < -0.4 is 5.73 Å². The van der Waals surface area contributed by atoms with Crippen molar-refractivity contribution < 1.29 is 18.0 Å². The summed E-state index contributed by atoms with van der Waals surface area (Å²) in [7, 11) is 0. The molecule has 1 amide bonds. The fourth-order valence-electron chi connectivity index (χ4n) is 1.69. The first kappa shape index (κ1) is 15.3. The van der Waals surface area contributed by atoms with E-state index >= 15 is 0 Å². The lowest BCUT2D eigenvalue weighted by Crippen LogP contribution is -2.39. The number of halogens is 3. The molecule has 19 heavy (non-hydrogen) atoms. The van der Waals surface area contributed by atoms with Gasteiger partial charge in [-0.15, -0.1) is 0 Å². The van der Waals surface area contributed by atoms with Crippen molar-refractivity contribution >= 4 is 11.6 Å². The van der Waals surface area contributed by atoms with E-state index < -0.39 is 18.6 Å². The summed E-state index contributed by atoms with van der Waals surface area (Å²) in [6.07, 6.45) is -3.94. The number of nitrogens with zero attached hydrogens (tertiary/aromatic N) is 1. The number of hydrogen-bond donors (Lipinski definition) is 1. The van der Waals surface area contributed by atoms with Crippen molar-refractivity contribution in [3.05, 3.63) is 29.3 Å². The van der Waals surface area contributed by atoms with Crippen LogP contribution in [-0.4, -0.2) is 30.1 Å². The Balaban J connectivity index is 2.95. The highest BCUT2D eigenvalue weighted by molar-refractivity contribution is 5.95. The van der Waals surface area contributed by atoms with Crippen LogP contribution in [-0.2, 0) is 0 Å². The Morgan fingerprint density at radius 1 is 1.37 bits per heavy atom. The molecule has 1 aromatic carbocycles. The van der Waals surface area contributed by atoms with Gasteiger partial charge in [0.05, 0.1) is 0 Å². The highest BCUT2D eigenvalue weighted by Crippen LogP contribution is 2.20. The van der Waals surface area contributed by atoms with Crippen LogP contribution in [0.3, 0.4) is 0 Å². The summed E-state index contributed by atoms with van der Waals surface area (Å²) in [6, 6.07) is 4.53. The normalized spacial score (nSPS) is 11.4. The number of carbonyl (C=O) groups is 1. The SMILES string of the molecule is CCCN(CC(F)(F)F)C(=O)c1ccc(C)c(N)c1. The van der Waals surface area contributed by atoms with Crippen molar-refractivity contribution in [1.29, 1.82) is 0 Å². The lowest BCUT2D eigenvalue weighted by Gasteiger charge is -2.23. The molecule has 0 atom stereocenters. The standard InChI is InChI=1S/C13H17F3N2O/c1-3-6-18(8-13(14,15)16)12(19)10-5-4-9(2)11(17)7-10/h4-5,7H,3,6,8,17H2,1-2H3. The minimum Gasteiger partial charge on any atom is -0.398 e. The zero-order valence-electron chi connectivity index (χ0n) is 10.9. The van der Waals surface area contributed by atoms with E-state index in [1.807, 2.05) is 0 Å². The summed E-state index contributed by atoms with van der Waals surface area (Å²) in [4.78, 5) is 12.8. The van der Waals surface area contributed by atoms with Crippen LogP contribution in [0.2, 0.25) is 0 Å². The molecule has 0 aromatic heterocycles. The molecule has 1 rings (SSSR count). The molecule has 0 aliphatic heterocycles. The first-order valence-corrected chi connectivity index (χ1v) is 5.96. The second kappa shape index (κ2) is 5.95. The summed E-state index contributed by atoms with van der Waals surface area (Å²) < 4.78 is 37.3. The minimum atomic E-state index is -4.40. The Morgan fingerprint density at radius 2 is 2.00 bits per heavy atom. The Morgan fingerprint density at radius 3 is 2.47 bits per heavy atom. The summed E-state index contributed by atoms with van der Waals surface area (Å²) in [5.74, 6) is -0.647. The predicted octanol–water partition coefficient (Wildman–Crippen LogP) is 2.99. The second-order valence-corrected chi connectivity index (χ2v) is 4.41. The van der Waals surface area contributed by atoms with Gasteiger partial charge in [-0.3, -0.25) is 4.79 Å². The summed E-state index contributed by atoms with van der Waals surface area (Å²) >= 11 is 0. The number of carbonyl (C=O) groups excluding carboxylic acids is 1. The zero-order chi connectivity index (χ0) is 14.6. The molecule has 106 valence electrons. The first-order chi connectivity index (χ1) is 8.74. The van der Waals surface area contributed by atoms with Crippen LogP contribution in [0.15, 0.2) is 18.2 Å². The molecule has 2 N–H and O–H groups in total. The zero-order valence-corrected chi connectivity index (χ0v) is 10.9. The van der Waals surface area contributed by atoms with Gasteiger partial charge in [0.2, 0.25) is 0 Å². The third-order valence-electron chi connectivity index (χ3n) is 2.68. The average Bonchev–Trinajstić information content (AvgIpc) is 2.29. The number of anilines is 1. The van der Waals surface area contributed by atoms with Gasteiger partial charge in [-0.2, -0.15) is 13.2 Å². The monoisotopic (exact) mass is 274 g/mol. The predicted molar refractivity (Wildman–Crippen MR) is 67.8 cm³/mol. The number of amides is 1. The van der Waals surface area contributed by atoms with E-state index in [0.29, 0.717) is 12.1 Å². The van der Waals surface area contributed by atoms with Gasteiger partial charge in [0.15, 0.2) is 0 Å². The molecule has 0 aliphatic rings. The van der Waals surface area contributed by atoms with Crippen LogP contribution in [0.1, 0.15) is 29.3 Å². The van der Waals surface area contributed by atoms with Crippen molar-refractivity contribution in [2.24, 2.45) is 0 Å². The van der Waals surface area contributed by atoms with Crippen molar-refractivity contribution in [2.75, 3.05) is 18.8 Å². The lowest BCUT2D eigenvalue weighted by atomic mass is 10.1. The van der Waals surface area contributed by atoms with Gasteiger partial charge < -0.3 is 10.6 Å². The molecule has 0 aliphatic carbocycles. The van der Waals surface area contributed by atoms with E-state index in [4.69, 9.17) is 5.73 Å². The molecular weight excluding hydrogens is 257 g/mol. The summed E-state index contributed by atoms with van der Waals surface area (Å²) in [5.41, 5.74) is 7.03. The van der Waals surface area contributed by atoms with Gasteiger partial charge in [0, 0.05) is 17.8 Å². The minimum absolute atomic E-state index is 0.0616. The van der Waals surface area contributed by atoms with Gasteiger partial charge in [-0.05, 0) is 31.0 Å². The summed E-state index contributed by atoms with van der Waals surface area (Å²) in [6.45, 7) is 2.31. The van der Waals surface area contributed by atoms with Crippen molar-refractivity contribution in [1.82, 2.24) is 4.90 Å². The third-order valence-corrected chi connectivity index (χ3v) is 2.68. The van der Waals surface area contributed by atoms with Gasteiger partial charge in [-0.1, -0.05) is 13.0 Å². The number of alkyl halides is 3. The Bertz CT molecular complexity index is 458. The third kappa shape index (κ3) is 4.46. The molecule has 0 heterocycles. The number of benzene rings is 1. The fraction of sp³-hybridized carbons (Fsp3) is 0.462. The Kier molecular flexibility index (Phi) is 4.80. The number of nitrogens with two attached hydrogens (primary N) is 1. The van der Waals surface area contributed by atoms with Gasteiger partial charge >= 0.3 is 6.18 Å². The van der Waals surface area contributed by atoms with E-state index in [1.54, 1.807) is 19.9 Å². The van der Waals surface area contributed by atoms with Gasteiger partial charge in [0.1, 0.15) is 6.54 Å². The highest BCUT2D eigenvalue weighted by Gasteiger charge is 2.33. The lowest BCUT2D eigenvalue weighted by molar-refractivity contribution is -0.140. The smallest absolute Gasteiger partial charge is 0.398 e. The summed E-state index contributed by atoms with van der Waals surface area (Å²) in [5, 5.41) is 0. The molecule has 1 aromatic rings. The number of nitrogen functional groups attached to an aromatic ring is 1. The molecule has 3 nitrogen and oxygen atoms in total. The Labute approximate surface area is 110 Å². The molecule has 0 radical (unpaired) electrons. The van der Waals surface area contributed by atoms with E-state index in [2.05, 4.69) is 0 Å². The van der Waals surface area contributed by atoms with Crippen LogP contribution in [0, 0.1) is 6.92 Å². The maximum atomic E-state index is 12.4. The fourth-order valence-corrected chi connectivity index (χ4v) is 1.69. The molecule has 6 heteroatoms. The first-order valence-electron chi connectivity index (χ1n) is 5.96. The molecular formula is C13H17F3N2O. The maximum absolute atomic E-state index is 12.4. The molecule has 0 saturated carbocycles. The van der Waals surface area contributed by atoms with Crippen LogP contribution in [0.25, 0.3) is 0 Å². The van der Waals surface area contributed by atoms with Crippen molar-refractivity contribution in [3.63, 3.8) is 0 Å². The maximum Gasteiger partial charge on any atom is 0.406 e. The average molecular weight is 274 g/mol. The quantitative estimate of drug-likeness (QED) is 0.858. The van der Waals surface area contributed by atoms with Crippen LogP contribution in [0.5, 0.6) is 0 Å². The topological polar surface area (TPSA) is 46.3 Å². The second-order valence-electron chi connectivity index (χ2n) is 4.41. The van der Waals surface area contributed by atoms with E-state index in [-0.39, 0.29) is 12.1 Å². The molecule has 0 unspecified atom stereocenters. The molecule has 0 bridgehead atoms. The number of aryl methyl sites for hydroxylation is 1.